The highest BCUT2D eigenvalue weighted by molar-refractivity contribution is 5.80. The van der Waals surface area contributed by atoms with Crippen molar-refractivity contribution in [2.45, 2.75) is 51.2 Å². The summed E-state index contributed by atoms with van der Waals surface area (Å²) in [6.45, 7) is 4.91. The van der Waals surface area contributed by atoms with Crippen LogP contribution in [0, 0.1) is 6.92 Å². The molecule has 26 heavy (non-hydrogen) atoms. The topological polar surface area (TPSA) is 46.9 Å². The molecule has 0 spiro atoms. The molecule has 3 aromatic rings. The molecule has 2 aromatic carbocycles. The monoisotopic (exact) mass is 347 g/mol. The first kappa shape index (κ1) is 17.0. The van der Waals surface area contributed by atoms with E-state index in [2.05, 4.69) is 48.5 Å². The maximum Gasteiger partial charge on any atom is 0.274 e. The van der Waals surface area contributed by atoms with Crippen molar-refractivity contribution in [1.29, 1.82) is 0 Å². The van der Waals surface area contributed by atoms with E-state index in [0.29, 0.717) is 18.5 Å². The molecule has 1 saturated carbocycles. The summed E-state index contributed by atoms with van der Waals surface area (Å²) in [5.74, 6) is 0.655. The zero-order valence-electron chi connectivity index (χ0n) is 15.4. The van der Waals surface area contributed by atoms with Crippen molar-refractivity contribution in [3.05, 3.63) is 76.2 Å². The molecular formula is C22H25N3O. The Hall–Kier alpha value is -2.46. The average Bonchev–Trinajstić information content (AvgIpc) is 2.61. The predicted octanol–water partition coefficient (Wildman–Crippen LogP) is 3.63. The van der Waals surface area contributed by atoms with Gasteiger partial charge in [-0.25, -0.2) is 4.68 Å². The van der Waals surface area contributed by atoms with Crippen molar-refractivity contribution in [1.82, 2.24) is 15.1 Å². The van der Waals surface area contributed by atoms with Crippen LogP contribution in [0.15, 0.2) is 59.5 Å². The predicted molar refractivity (Wildman–Crippen MR) is 106 cm³/mol. The van der Waals surface area contributed by atoms with Crippen LogP contribution >= 0.6 is 0 Å². The standard InChI is InChI=1S/C22H25N3O/c1-15-7-3-5-9-20(15)18-11-19(12-18)24-16(2)14-25-22(26)21-10-6-4-8-17(21)13-23-25/h3-10,13,16,18-19,24H,11-12,14H2,1-2H3/t16-,18?,19?/m1/s1. The van der Waals surface area contributed by atoms with Crippen LogP contribution in [-0.4, -0.2) is 21.9 Å². The lowest BCUT2D eigenvalue weighted by Gasteiger charge is -2.38. The number of fused-ring (bicyclic) bond motifs is 1. The molecule has 0 saturated heterocycles. The Morgan fingerprint density at radius 1 is 1.15 bits per heavy atom. The van der Waals surface area contributed by atoms with E-state index in [1.54, 1.807) is 10.9 Å². The van der Waals surface area contributed by atoms with Crippen molar-refractivity contribution in [3.63, 3.8) is 0 Å². The van der Waals surface area contributed by atoms with Gasteiger partial charge in [-0.05, 0) is 49.8 Å². The average molecular weight is 347 g/mol. The lowest BCUT2D eigenvalue weighted by molar-refractivity contribution is 0.256. The summed E-state index contributed by atoms with van der Waals surface area (Å²) < 4.78 is 1.58. The molecule has 0 bridgehead atoms. The third-order valence-electron chi connectivity index (χ3n) is 5.50. The van der Waals surface area contributed by atoms with Gasteiger partial charge in [0.1, 0.15) is 0 Å². The fourth-order valence-electron chi connectivity index (χ4n) is 4.02. The smallest absolute Gasteiger partial charge is 0.274 e. The van der Waals surface area contributed by atoms with E-state index < -0.39 is 0 Å². The number of nitrogens with one attached hydrogen (secondary N) is 1. The molecule has 0 aliphatic heterocycles. The molecule has 1 aliphatic rings. The first-order valence-electron chi connectivity index (χ1n) is 9.38. The van der Waals surface area contributed by atoms with E-state index in [0.717, 1.165) is 23.6 Å². The minimum absolute atomic E-state index is 0.0110. The molecule has 4 heteroatoms. The highest BCUT2D eigenvalue weighted by Crippen LogP contribution is 2.38. The number of rotatable bonds is 5. The summed E-state index contributed by atoms with van der Waals surface area (Å²) in [6, 6.07) is 17.0. The molecule has 1 atom stereocenters. The lowest BCUT2D eigenvalue weighted by Crippen LogP contribution is -2.47. The first-order valence-corrected chi connectivity index (χ1v) is 9.38. The molecule has 0 radical (unpaired) electrons. The zero-order chi connectivity index (χ0) is 18.1. The van der Waals surface area contributed by atoms with Crippen LogP contribution in [0.1, 0.15) is 36.8 Å². The molecule has 0 amide bonds. The van der Waals surface area contributed by atoms with Gasteiger partial charge in [-0.2, -0.15) is 5.10 Å². The SMILES string of the molecule is Cc1ccccc1C1CC(N[C@H](C)Cn2ncc3ccccc3c2=O)C1. The van der Waals surface area contributed by atoms with Gasteiger partial charge in [-0.3, -0.25) is 4.79 Å². The quantitative estimate of drug-likeness (QED) is 0.767. The van der Waals surface area contributed by atoms with Crippen LogP contribution in [0.5, 0.6) is 0 Å². The fourth-order valence-corrected chi connectivity index (χ4v) is 4.02. The Kier molecular flexibility index (Phi) is 4.60. The number of nitrogens with zero attached hydrogens (tertiary/aromatic N) is 2. The number of aryl methyl sites for hydroxylation is 1. The number of hydrogen-bond donors (Lipinski definition) is 1. The molecule has 0 unspecified atom stereocenters. The molecule has 1 fully saturated rings. The zero-order valence-corrected chi connectivity index (χ0v) is 15.4. The third-order valence-corrected chi connectivity index (χ3v) is 5.50. The van der Waals surface area contributed by atoms with Gasteiger partial charge >= 0.3 is 0 Å². The van der Waals surface area contributed by atoms with Crippen LogP contribution in [0.2, 0.25) is 0 Å². The molecule has 1 aliphatic carbocycles. The van der Waals surface area contributed by atoms with Gasteiger partial charge < -0.3 is 5.32 Å². The lowest BCUT2D eigenvalue weighted by atomic mass is 9.74. The summed E-state index contributed by atoms with van der Waals surface area (Å²) in [6.07, 6.45) is 4.10. The van der Waals surface area contributed by atoms with Crippen molar-refractivity contribution in [2.24, 2.45) is 0 Å². The highest BCUT2D eigenvalue weighted by atomic mass is 16.1. The number of aromatic nitrogens is 2. The van der Waals surface area contributed by atoms with Gasteiger partial charge in [0.2, 0.25) is 0 Å². The Morgan fingerprint density at radius 2 is 1.88 bits per heavy atom. The van der Waals surface area contributed by atoms with Crippen LogP contribution in [0.3, 0.4) is 0 Å². The molecule has 134 valence electrons. The van der Waals surface area contributed by atoms with Gasteiger partial charge in [-0.15, -0.1) is 0 Å². The Balaban J connectivity index is 1.37. The maximum atomic E-state index is 12.6. The summed E-state index contributed by atoms with van der Waals surface area (Å²) in [7, 11) is 0. The molecule has 1 aromatic heterocycles. The minimum atomic E-state index is -0.0110. The Bertz CT molecular complexity index is 972. The Morgan fingerprint density at radius 3 is 2.69 bits per heavy atom. The molecule has 1 N–H and O–H groups in total. The summed E-state index contributed by atoms with van der Waals surface area (Å²) >= 11 is 0. The second-order valence-corrected chi connectivity index (χ2v) is 7.51. The van der Waals surface area contributed by atoms with Crippen LogP contribution in [0.25, 0.3) is 10.8 Å². The molecule has 1 heterocycles. The second kappa shape index (κ2) is 7.04. The van der Waals surface area contributed by atoms with Gasteiger partial charge in [0.05, 0.1) is 18.1 Å². The van der Waals surface area contributed by atoms with Gasteiger partial charge in [0, 0.05) is 17.5 Å². The Labute approximate surface area is 153 Å². The van der Waals surface area contributed by atoms with E-state index in [9.17, 15) is 4.79 Å². The number of hydrogen-bond acceptors (Lipinski definition) is 3. The van der Waals surface area contributed by atoms with Gasteiger partial charge in [0.25, 0.3) is 5.56 Å². The summed E-state index contributed by atoms with van der Waals surface area (Å²) in [4.78, 5) is 12.6. The maximum absolute atomic E-state index is 12.6. The van der Waals surface area contributed by atoms with E-state index >= 15 is 0 Å². The normalized spacial score (nSPS) is 20.7. The summed E-state index contributed by atoms with van der Waals surface area (Å²) in [5, 5.41) is 9.63. The molecule has 4 rings (SSSR count). The molecular weight excluding hydrogens is 322 g/mol. The van der Waals surface area contributed by atoms with Crippen LogP contribution in [0.4, 0.5) is 0 Å². The summed E-state index contributed by atoms with van der Waals surface area (Å²) in [5.41, 5.74) is 2.85. The van der Waals surface area contributed by atoms with E-state index in [-0.39, 0.29) is 11.6 Å². The van der Waals surface area contributed by atoms with Crippen LogP contribution in [-0.2, 0) is 6.54 Å². The van der Waals surface area contributed by atoms with Crippen molar-refractivity contribution in [2.75, 3.05) is 0 Å². The van der Waals surface area contributed by atoms with E-state index in [1.807, 2.05) is 24.3 Å². The van der Waals surface area contributed by atoms with Crippen LogP contribution < -0.4 is 10.9 Å². The fraction of sp³-hybridized carbons (Fsp3) is 0.364. The second-order valence-electron chi connectivity index (χ2n) is 7.51. The van der Waals surface area contributed by atoms with Crippen molar-refractivity contribution < 1.29 is 0 Å². The largest absolute Gasteiger partial charge is 0.310 e. The third kappa shape index (κ3) is 3.29. The number of benzene rings is 2. The minimum Gasteiger partial charge on any atom is -0.310 e. The van der Waals surface area contributed by atoms with Gasteiger partial charge in [0.15, 0.2) is 0 Å². The highest BCUT2D eigenvalue weighted by Gasteiger charge is 2.31. The van der Waals surface area contributed by atoms with Crippen molar-refractivity contribution in [3.8, 4) is 0 Å². The van der Waals surface area contributed by atoms with E-state index in [4.69, 9.17) is 0 Å². The van der Waals surface area contributed by atoms with E-state index in [1.165, 1.54) is 11.1 Å². The first-order chi connectivity index (χ1) is 12.6. The van der Waals surface area contributed by atoms with Crippen molar-refractivity contribution >= 4 is 10.8 Å². The molecule has 4 nitrogen and oxygen atoms in total. The van der Waals surface area contributed by atoms with Gasteiger partial charge in [-0.1, -0.05) is 42.5 Å².